The van der Waals surface area contributed by atoms with Gasteiger partial charge in [0.15, 0.2) is 5.65 Å². The van der Waals surface area contributed by atoms with Gasteiger partial charge in [-0.15, -0.1) is 0 Å². The minimum Gasteiger partial charge on any atom is -0.377 e. The molecule has 1 aliphatic heterocycles. The smallest absolute Gasteiger partial charge is 0.286 e. The lowest BCUT2D eigenvalue weighted by atomic mass is 10.1. The standard InChI is InChI=1S/C17H18N6O4S/c1-28(25,26)23-12-9-19-16(14(18)24)20-15(12)21-17(23)22-7-8-27-10-13(22)11-5-3-2-4-6-11/h2-6,9,13H,7-8,10H2,1H3,(H2,18,24)/t13-/m0/s1. The Kier molecular flexibility index (Phi) is 4.47. The van der Waals surface area contributed by atoms with Crippen molar-refractivity contribution in [1.82, 2.24) is 18.9 Å². The molecule has 10 nitrogen and oxygen atoms in total. The van der Waals surface area contributed by atoms with Gasteiger partial charge < -0.3 is 15.4 Å². The third-order valence-electron chi connectivity index (χ3n) is 4.48. The lowest BCUT2D eigenvalue weighted by molar-refractivity contribution is 0.0932. The van der Waals surface area contributed by atoms with E-state index in [1.165, 1.54) is 6.20 Å². The Morgan fingerprint density at radius 1 is 1.25 bits per heavy atom. The van der Waals surface area contributed by atoms with Gasteiger partial charge in [0.1, 0.15) is 5.52 Å². The SMILES string of the molecule is CS(=O)(=O)n1c(N2CCOC[C@H]2c2ccccc2)nc2nc(C(N)=O)ncc21. The fourth-order valence-electron chi connectivity index (χ4n) is 3.26. The van der Waals surface area contributed by atoms with Crippen molar-refractivity contribution in [2.24, 2.45) is 5.73 Å². The number of primary amides is 1. The van der Waals surface area contributed by atoms with E-state index in [1.807, 2.05) is 35.2 Å². The third-order valence-corrected chi connectivity index (χ3v) is 5.50. The second-order valence-corrected chi connectivity index (χ2v) is 8.23. The van der Waals surface area contributed by atoms with Crippen molar-refractivity contribution in [3.8, 4) is 0 Å². The molecule has 11 heteroatoms. The highest BCUT2D eigenvalue weighted by molar-refractivity contribution is 7.89. The summed E-state index contributed by atoms with van der Waals surface area (Å²) in [5.74, 6) is -0.838. The maximum absolute atomic E-state index is 12.6. The molecule has 1 atom stereocenters. The first-order chi connectivity index (χ1) is 13.4. The minimum atomic E-state index is -3.73. The zero-order chi connectivity index (χ0) is 19.9. The molecule has 28 heavy (non-hydrogen) atoms. The summed E-state index contributed by atoms with van der Waals surface area (Å²) in [4.78, 5) is 25.6. The van der Waals surface area contributed by atoms with Crippen LogP contribution < -0.4 is 10.6 Å². The number of fused-ring (bicyclic) bond motifs is 1. The van der Waals surface area contributed by atoms with Crippen molar-refractivity contribution in [3.05, 3.63) is 47.9 Å². The van der Waals surface area contributed by atoms with Crippen molar-refractivity contribution in [2.45, 2.75) is 6.04 Å². The van der Waals surface area contributed by atoms with Crippen molar-refractivity contribution in [2.75, 3.05) is 30.9 Å². The Balaban J connectivity index is 1.92. The van der Waals surface area contributed by atoms with Gasteiger partial charge in [-0.25, -0.2) is 22.4 Å². The van der Waals surface area contributed by atoms with Gasteiger partial charge in [-0.3, -0.25) is 4.79 Å². The summed E-state index contributed by atoms with van der Waals surface area (Å²) in [6.07, 6.45) is 2.33. The van der Waals surface area contributed by atoms with Crippen LogP contribution in [-0.4, -0.2) is 59.3 Å². The van der Waals surface area contributed by atoms with Crippen molar-refractivity contribution < 1.29 is 17.9 Å². The van der Waals surface area contributed by atoms with Gasteiger partial charge in [-0.05, 0) is 5.56 Å². The Labute approximate surface area is 161 Å². The van der Waals surface area contributed by atoms with E-state index in [-0.39, 0.29) is 29.0 Å². The van der Waals surface area contributed by atoms with E-state index in [9.17, 15) is 13.2 Å². The second kappa shape index (κ2) is 6.84. The molecule has 1 aliphatic rings. The fourth-order valence-corrected chi connectivity index (χ4v) is 4.19. The summed E-state index contributed by atoms with van der Waals surface area (Å²) in [6.45, 7) is 1.25. The number of morpholine rings is 1. The van der Waals surface area contributed by atoms with E-state index in [0.717, 1.165) is 15.8 Å². The van der Waals surface area contributed by atoms with Gasteiger partial charge in [0.25, 0.3) is 5.91 Å². The van der Waals surface area contributed by atoms with Crippen LogP contribution in [0.1, 0.15) is 22.2 Å². The summed E-state index contributed by atoms with van der Waals surface area (Å²) >= 11 is 0. The maximum atomic E-state index is 12.6. The van der Waals surface area contributed by atoms with Crippen molar-refractivity contribution >= 4 is 33.0 Å². The Morgan fingerprint density at radius 3 is 2.68 bits per heavy atom. The number of imidazole rings is 1. The predicted molar refractivity (Wildman–Crippen MR) is 101 cm³/mol. The normalized spacial score (nSPS) is 17.8. The van der Waals surface area contributed by atoms with Crippen LogP contribution in [0.5, 0.6) is 0 Å². The van der Waals surface area contributed by atoms with Gasteiger partial charge in [-0.1, -0.05) is 30.3 Å². The number of rotatable bonds is 4. The number of nitrogens with two attached hydrogens (primary N) is 1. The highest BCUT2D eigenvalue weighted by Crippen LogP contribution is 2.32. The zero-order valence-electron chi connectivity index (χ0n) is 15.0. The van der Waals surface area contributed by atoms with Crippen molar-refractivity contribution in [3.63, 3.8) is 0 Å². The van der Waals surface area contributed by atoms with Gasteiger partial charge in [0, 0.05) is 6.54 Å². The molecule has 1 aromatic carbocycles. The average molecular weight is 402 g/mol. The Morgan fingerprint density at radius 2 is 2.00 bits per heavy atom. The monoisotopic (exact) mass is 402 g/mol. The van der Waals surface area contributed by atoms with E-state index in [0.29, 0.717) is 19.8 Å². The fraction of sp³-hybridized carbons (Fsp3) is 0.294. The molecule has 0 radical (unpaired) electrons. The molecule has 2 N–H and O–H groups in total. The molecule has 3 heterocycles. The predicted octanol–water partition coefficient (Wildman–Crippen LogP) is 0.311. The number of benzene rings is 1. The summed E-state index contributed by atoms with van der Waals surface area (Å²) < 4.78 is 31.8. The number of anilines is 1. The number of aromatic nitrogens is 4. The molecular formula is C17H18N6O4S. The van der Waals surface area contributed by atoms with E-state index >= 15 is 0 Å². The van der Waals surface area contributed by atoms with E-state index in [1.54, 1.807) is 0 Å². The third kappa shape index (κ3) is 3.18. The first-order valence-corrected chi connectivity index (χ1v) is 10.4. The summed E-state index contributed by atoms with van der Waals surface area (Å²) in [5, 5.41) is 0. The van der Waals surface area contributed by atoms with Crippen LogP contribution in [0.2, 0.25) is 0 Å². The summed E-state index contributed by atoms with van der Waals surface area (Å²) in [6, 6.07) is 9.40. The molecule has 1 fully saturated rings. The first-order valence-electron chi connectivity index (χ1n) is 8.51. The van der Waals surface area contributed by atoms with Crippen LogP contribution in [0.4, 0.5) is 5.95 Å². The number of carbonyl (C=O) groups is 1. The molecule has 4 rings (SSSR count). The molecule has 0 aliphatic carbocycles. The molecule has 2 aromatic heterocycles. The van der Waals surface area contributed by atoms with Crippen LogP contribution in [-0.2, 0) is 14.8 Å². The van der Waals surface area contributed by atoms with Crippen LogP contribution in [0.25, 0.3) is 11.2 Å². The molecule has 1 saturated heterocycles. The summed E-state index contributed by atoms with van der Waals surface area (Å²) in [7, 11) is -3.73. The highest BCUT2D eigenvalue weighted by Gasteiger charge is 2.32. The van der Waals surface area contributed by atoms with Crippen LogP contribution >= 0.6 is 0 Å². The minimum absolute atomic E-state index is 0.0857. The molecular weight excluding hydrogens is 384 g/mol. The Bertz CT molecular complexity index is 1150. The quantitative estimate of drug-likeness (QED) is 0.659. The lowest BCUT2D eigenvalue weighted by Gasteiger charge is -2.36. The van der Waals surface area contributed by atoms with E-state index in [2.05, 4.69) is 15.0 Å². The van der Waals surface area contributed by atoms with Crippen LogP contribution in [0.3, 0.4) is 0 Å². The number of hydrogen-bond acceptors (Lipinski definition) is 8. The van der Waals surface area contributed by atoms with Crippen molar-refractivity contribution in [1.29, 1.82) is 0 Å². The van der Waals surface area contributed by atoms with Gasteiger partial charge >= 0.3 is 0 Å². The molecule has 0 unspecified atom stereocenters. The number of nitrogens with zero attached hydrogens (tertiary/aromatic N) is 5. The highest BCUT2D eigenvalue weighted by atomic mass is 32.2. The van der Waals surface area contributed by atoms with Crippen LogP contribution in [0, 0.1) is 0 Å². The van der Waals surface area contributed by atoms with Crippen LogP contribution in [0.15, 0.2) is 36.5 Å². The van der Waals surface area contributed by atoms with E-state index < -0.39 is 15.9 Å². The van der Waals surface area contributed by atoms with E-state index in [4.69, 9.17) is 10.5 Å². The number of ether oxygens (including phenoxy) is 1. The molecule has 146 valence electrons. The average Bonchev–Trinajstić information content (AvgIpc) is 3.07. The summed E-state index contributed by atoms with van der Waals surface area (Å²) in [5.41, 5.74) is 6.47. The van der Waals surface area contributed by atoms with Gasteiger partial charge in [0.05, 0.1) is 31.7 Å². The molecule has 0 bridgehead atoms. The number of amides is 1. The molecule has 0 spiro atoms. The zero-order valence-corrected chi connectivity index (χ0v) is 15.8. The second-order valence-electron chi connectivity index (χ2n) is 6.40. The first kappa shape index (κ1) is 18.3. The molecule has 0 saturated carbocycles. The maximum Gasteiger partial charge on any atom is 0.286 e. The van der Waals surface area contributed by atoms with Gasteiger partial charge in [0.2, 0.25) is 21.8 Å². The molecule has 1 amide bonds. The largest absolute Gasteiger partial charge is 0.377 e. The Hall–Kier alpha value is -3.05. The van der Waals surface area contributed by atoms with Gasteiger partial charge in [-0.2, -0.15) is 4.98 Å². The topological polar surface area (TPSA) is 133 Å². The number of carbonyl (C=O) groups excluding carboxylic acids is 1. The molecule has 3 aromatic rings. The lowest BCUT2D eigenvalue weighted by Crippen LogP contribution is -2.41. The number of hydrogen-bond donors (Lipinski definition) is 1.